The van der Waals surface area contributed by atoms with E-state index in [0.717, 1.165) is 42.6 Å². The minimum absolute atomic E-state index is 0.588. The van der Waals surface area contributed by atoms with E-state index in [1.807, 2.05) is 24.3 Å². The predicted octanol–water partition coefficient (Wildman–Crippen LogP) is 3.52. The predicted molar refractivity (Wildman–Crippen MR) is 101 cm³/mol. The van der Waals surface area contributed by atoms with E-state index < -0.39 is 0 Å². The fourth-order valence-electron chi connectivity index (χ4n) is 2.08. The van der Waals surface area contributed by atoms with E-state index >= 15 is 0 Å². The van der Waals surface area contributed by atoms with Gasteiger partial charge in [0.25, 0.3) is 0 Å². The molecule has 1 aromatic carbocycles. The lowest BCUT2D eigenvalue weighted by atomic mass is 10.2. The lowest BCUT2D eigenvalue weighted by Crippen LogP contribution is -2.38. The number of halogens is 1. The Kier molecular flexibility index (Phi) is 9.72. The highest BCUT2D eigenvalue weighted by Gasteiger charge is 2.03. The molecule has 4 nitrogen and oxygen atoms in total. The van der Waals surface area contributed by atoms with Gasteiger partial charge in [0.15, 0.2) is 5.96 Å². The first kappa shape index (κ1) is 19.8. The molecule has 5 heteroatoms. The van der Waals surface area contributed by atoms with Gasteiger partial charge in [0.05, 0.1) is 6.54 Å². The van der Waals surface area contributed by atoms with Gasteiger partial charge >= 0.3 is 0 Å². The molecule has 0 atom stereocenters. The molecular formula is C18H31ClN4. The molecule has 1 aromatic rings. The van der Waals surface area contributed by atoms with Crippen LogP contribution in [-0.4, -0.2) is 43.6 Å². The van der Waals surface area contributed by atoms with Crippen LogP contribution in [-0.2, 0) is 6.54 Å². The van der Waals surface area contributed by atoms with Crippen molar-refractivity contribution in [3.05, 3.63) is 34.9 Å². The summed E-state index contributed by atoms with van der Waals surface area (Å²) in [6.45, 7) is 10.0. The third-order valence-corrected chi connectivity index (χ3v) is 4.19. The summed E-state index contributed by atoms with van der Waals surface area (Å²) < 4.78 is 0. The summed E-state index contributed by atoms with van der Waals surface area (Å²) in [5.74, 6) is 0.852. The van der Waals surface area contributed by atoms with E-state index in [2.05, 4.69) is 48.3 Å². The summed E-state index contributed by atoms with van der Waals surface area (Å²) in [6.07, 6.45) is 2.32. The largest absolute Gasteiger partial charge is 0.357 e. The van der Waals surface area contributed by atoms with Crippen molar-refractivity contribution >= 4 is 17.6 Å². The second kappa shape index (κ2) is 11.3. The molecule has 0 fully saturated rings. The third-order valence-electron chi connectivity index (χ3n) is 3.82. The van der Waals surface area contributed by atoms with E-state index in [9.17, 15) is 0 Å². The Labute approximate surface area is 146 Å². The number of guanidine groups is 1. The Bertz CT molecular complexity index is 474. The van der Waals surface area contributed by atoms with Gasteiger partial charge in [-0.1, -0.05) is 29.8 Å². The second-order valence-electron chi connectivity index (χ2n) is 5.99. The number of rotatable bonds is 9. The van der Waals surface area contributed by atoms with Crippen molar-refractivity contribution in [2.75, 3.05) is 26.7 Å². The normalized spacial score (nSPS) is 12.0. The smallest absolute Gasteiger partial charge is 0.191 e. The Morgan fingerprint density at radius 3 is 2.61 bits per heavy atom. The third kappa shape index (κ3) is 8.24. The van der Waals surface area contributed by atoms with Crippen LogP contribution in [0.4, 0.5) is 0 Å². The van der Waals surface area contributed by atoms with Gasteiger partial charge in [0.1, 0.15) is 0 Å². The molecule has 0 amide bonds. The molecule has 0 saturated carbocycles. The monoisotopic (exact) mass is 338 g/mol. The van der Waals surface area contributed by atoms with Gasteiger partial charge in [-0.15, -0.1) is 0 Å². The molecule has 0 heterocycles. The molecule has 0 spiro atoms. The van der Waals surface area contributed by atoms with Crippen LogP contribution in [0.3, 0.4) is 0 Å². The van der Waals surface area contributed by atoms with Crippen LogP contribution in [0, 0.1) is 0 Å². The molecule has 1 rings (SSSR count). The maximum atomic E-state index is 6.17. The van der Waals surface area contributed by atoms with Crippen molar-refractivity contribution in [2.24, 2.45) is 4.99 Å². The molecular weight excluding hydrogens is 308 g/mol. The topological polar surface area (TPSA) is 39.7 Å². The number of nitrogens with one attached hydrogen (secondary N) is 2. The molecule has 0 aliphatic rings. The number of hydrogen-bond donors (Lipinski definition) is 2. The Balaban J connectivity index is 2.37. The Morgan fingerprint density at radius 1 is 1.22 bits per heavy atom. The quantitative estimate of drug-likeness (QED) is 0.411. The van der Waals surface area contributed by atoms with Crippen LogP contribution in [0.15, 0.2) is 29.3 Å². The van der Waals surface area contributed by atoms with Gasteiger partial charge in [0.2, 0.25) is 0 Å². The number of hydrogen-bond acceptors (Lipinski definition) is 2. The van der Waals surface area contributed by atoms with Crippen molar-refractivity contribution in [2.45, 2.75) is 46.2 Å². The number of unbranched alkanes of at least 4 members (excludes halogenated alkanes) is 1. The van der Waals surface area contributed by atoms with Crippen molar-refractivity contribution in [3.8, 4) is 0 Å². The van der Waals surface area contributed by atoms with Crippen molar-refractivity contribution in [1.82, 2.24) is 15.5 Å². The molecule has 0 bridgehead atoms. The number of nitrogens with zero attached hydrogens (tertiary/aromatic N) is 2. The fraction of sp³-hybridized carbons (Fsp3) is 0.611. The molecule has 0 aliphatic carbocycles. The molecule has 0 saturated heterocycles. The molecule has 0 aliphatic heterocycles. The van der Waals surface area contributed by atoms with E-state index in [0.29, 0.717) is 12.6 Å². The van der Waals surface area contributed by atoms with Gasteiger partial charge in [-0.2, -0.15) is 0 Å². The van der Waals surface area contributed by atoms with Crippen LogP contribution in [0.1, 0.15) is 39.2 Å². The summed E-state index contributed by atoms with van der Waals surface area (Å²) in [5.41, 5.74) is 1.05. The van der Waals surface area contributed by atoms with E-state index in [1.54, 1.807) is 0 Å². The SMILES string of the molecule is CCNC(=NCc1ccccc1Cl)NCCCCN(C)C(C)C. The van der Waals surface area contributed by atoms with E-state index in [4.69, 9.17) is 11.6 Å². The van der Waals surface area contributed by atoms with Crippen LogP contribution in [0.2, 0.25) is 5.02 Å². The van der Waals surface area contributed by atoms with Gasteiger partial charge in [-0.3, -0.25) is 0 Å². The van der Waals surface area contributed by atoms with Crippen LogP contribution < -0.4 is 10.6 Å². The number of benzene rings is 1. The summed E-state index contributed by atoms with van der Waals surface area (Å²) in [5, 5.41) is 7.43. The van der Waals surface area contributed by atoms with Gasteiger partial charge in [-0.25, -0.2) is 4.99 Å². The van der Waals surface area contributed by atoms with Crippen molar-refractivity contribution in [3.63, 3.8) is 0 Å². The highest BCUT2D eigenvalue weighted by Crippen LogP contribution is 2.15. The molecule has 0 radical (unpaired) electrons. The van der Waals surface area contributed by atoms with Crippen LogP contribution in [0.25, 0.3) is 0 Å². The van der Waals surface area contributed by atoms with Crippen LogP contribution in [0.5, 0.6) is 0 Å². The molecule has 0 aromatic heterocycles. The zero-order valence-corrected chi connectivity index (χ0v) is 15.7. The van der Waals surface area contributed by atoms with Crippen molar-refractivity contribution < 1.29 is 0 Å². The number of aliphatic imine (C=N–C) groups is 1. The summed E-state index contributed by atoms with van der Waals surface area (Å²) in [7, 11) is 2.17. The summed E-state index contributed by atoms with van der Waals surface area (Å²) >= 11 is 6.17. The highest BCUT2D eigenvalue weighted by molar-refractivity contribution is 6.31. The van der Waals surface area contributed by atoms with Crippen molar-refractivity contribution in [1.29, 1.82) is 0 Å². The van der Waals surface area contributed by atoms with E-state index in [1.165, 1.54) is 6.42 Å². The molecule has 0 unspecified atom stereocenters. The minimum atomic E-state index is 0.588. The first-order chi connectivity index (χ1) is 11.0. The summed E-state index contributed by atoms with van der Waals surface area (Å²) in [6, 6.07) is 8.45. The first-order valence-corrected chi connectivity index (χ1v) is 8.88. The first-order valence-electron chi connectivity index (χ1n) is 8.50. The Hall–Kier alpha value is -1.26. The standard InChI is InChI=1S/C18H31ClN4/c1-5-20-18(21-12-8-9-13-23(4)15(2)3)22-14-16-10-6-7-11-17(16)19/h6-7,10-11,15H,5,8-9,12-14H2,1-4H3,(H2,20,21,22). The van der Waals surface area contributed by atoms with Gasteiger partial charge in [0, 0.05) is 24.2 Å². The van der Waals surface area contributed by atoms with Gasteiger partial charge in [-0.05, 0) is 58.8 Å². The maximum Gasteiger partial charge on any atom is 0.191 e. The summed E-state index contributed by atoms with van der Waals surface area (Å²) in [4.78, 5) is 6.98. The zero-order valence-electron chi connectivity index (χ0n) is 14.9. The molecule has 2 N–H and O–H groups in total. The highest BCUT2D eigenvalue weighted by atomic mass is 35.5. The maximum absolute atomic E-state index is 6.17. The average molecular weight is 339 g/mol. The second-order valence-corrected chi connectivity index (χ2v) is 6.40. The molecule has 130 valence electrons. The average Bonchev–Trinajstić information content (AvgIpc) is 2.53. The Morgan fingerprint density at radius 2 is 1.96 bits per heavy atom. The minimum Gasteiger partial charge on any atom is -0.357 e. The zero-order chi connectivity index (χ0) is 17.1. The fourth-order valence-corrected chi connectivity index (χ4v) is 2.28. The van der Waals surface area contributed by atoms with Crippen LogP contribution >= 0.6 is 11.6 Å². The van der Waals surface area contributed by atoms with Gasteiger partial charge < -0.3 is 15.5 Å². The molecule has 23 heavy (non-hydrogen) atoms. The lowest BCUT2D eigenvalue weighted by Gasteiger charge is -2.20. The van der Waals surface area contributed by atoms with E-state index in [-0.39, 0.29) is 0 Å². The lowest BCUT2D eigenvalue weighted by molar-refractivity contribution is 0.268.